The molecule has 0 saturated heterocycles. The van der Waals surface area contributed by atoms with Crippen LogP contribution in [0.1, 0.15) is 22.1 Å². The van der Waals surface area contributed by atoms with Gasteiger partial charge in [-0.1, -0.05) is 52.3 Å². The van der Waals surface area contributed by atoms with E-state index in [2.05, 4.69) is 27.8 Å². The molecule has 1 aliphatic heterocycles. The van der Waals surface area contributed by atoms with Crippen molar-refractivity contribution in [3.05, 3.63) is 76.8 Å². The van der Waals surface area contributed by atoms with Crippen LogP contribution in [0.5, 0.6) is 0 Å². The number of para-hydroxylation sites is 1. The third-order valence-electron chi connectivity index (χ3n) is 3.55. The Kier molecular flexibility index (Phi) is 3.80. The lowest BCUT2D eigenvalue weighted by molar-refractivity contribution is 0.0707. The van der Waals surface area contributed by atoms with E-state index in [0.29, 0.717) is 12.1 Å². The number of halogens is 1. The van der Waals surface area contributed by atoms with Crippen LogP contribution in [-0.4, -0.2) is 17.4 Å². The highest BCUT2D eigenvalue weighted by molar-refractivity contribution is 9.10. The minimum Gasteiger partial charge on any atom is -0.361 e. The van der Waals surface area contributed by atoms with Gasteiger partial charge in [-0.25, -0.2) is 0 Å². The van der Waals surface area contributed by atoms with Gasteiger partial charge < -0.3 is 10.2 Å². The predicted octanol–water partition coefficient (Wildman–Crippen LogP) is 4.20. The van der Waals surface area contributed by atoms with Crippen LogP contribution in [0, 0.1) is 0 Å². The van der Waals surface area contributed by atoms with Crippen molar-refractivity contribution in [3.8, 4) is 0 Å². The number of carbonyl (C=O) groups is 1. The highest BCUT2D eigenvalue weighted by atomic mass is 79.9. The number of carbonyl (C=O) groups excluding carboxylic acids is 1. The normalized spacial score (nSPS) is 17.1. The Labute approximate surface area is 132 Å². The summed E-state index contributed by atoms with van der Waals surface area (Å²) in [4.78, 5) is 14.5. The van der Waals surface area contributed by atoms with Crippen molar-refractivity contribution in [2.75, 3.05) is 11.9 Å². The largest absolute Gasteiger partial charge is 0.361 e. The van der Waals surface area contributed by atoms with E-state index in [1.165, 1.54) is 0 Å². The quantitative estimate of drug-likeness (QED) is 0.847. The number of hydrogen-bond donors (Lipinski definition) is 1. The van der Waals surface area contributed by atoms with Crippen molar-refractivity contribution in [2.45, 2.75) is 6.17 Å². The smallest absolute Gasteiger partial charge is 0.258 e. The Morgan fingerprint density at radius 3 is 2.67 bits per heavy atom. The second-order valence-electron chi connectivity index (χ2n) is 4.86. The number of hydrogen-bond acceptors (Lipinski definition) is 2. The van der Waals surface area contributed by atoms with Gasteiger partial charge in [0.25, 0.3) is 5.91 Å². The number of rotatable bonds is 3. The zero-order chi connectivity index (χ0) is 14.8. The molecule has 2 aromatic rings. The average molecular weight is 343 g/mol. The highest BCUT2D eigenvalue weighted by Crippen LogP contribution is 2.35. The molecule has 2 aromatic carbocycles. The minimum absolute atomic E-state index is 0.0185. The summed E-state index contributed by atoms with van der Waals surface area (Å²) in [6.45, 7) is 4.25. The van der Waals surface area contributed by atoms with Crippen LogP contribution in [0.3, 0.4) is 0 Å². The summed E-state index contributed by atoms with van der Waals surface area (Å²) in [7, 11) is 0. The Bertz CT molecular complexity index is 699. The SMILES string of the molecule is C=CCN1C(=O)c2ccccc2N[C@H]1c1ccccc1Br. The summed E-state index contributed by atoms with van der Waals surface area (Å²) in [5.74, 6) is 0.0185. The van der Waals surface area contributed by atoms with Gasteiger partial charge in [0.1, 0.15) is 6.17 Å². The molecule has 0 radical (unpaired) electrons. The van der Waals surface area contributed by atoms with Crippen molar-refractivity contribution in [1.82, 2.24) is 4.90 Å². The van der Waals surface area contributed by atoms with Crippen molar-refractivity contribution >= 4 is 27.5 Å². The maximum Gasteiger partial charge on any atom is 0.258 e. The fourth-order valence-corrected chi connectivity index (χ4v) is 3.06. The number of nitrogens with one attached hydrogen (secondary N) is 1. The Morgan fingerprint density at radius 2 is 1.90 bits per heavy atom. The molecule has 0 aliphatic carbocycles. The van der Waals surface area contributed by atoms with E-state index in [4.69, 9.17) is 0 Å². The lowest BCUT2D eigenvalue weighted by Gasteiger charge is -2.38. The van der Waals surface area contributed by atoms with E-state index >= 15 is 0 Å². The summed E-state index contributed by atoms with van der Waals surface area (Å²) < 4.78 is 0.976. The van der Waals surface area contributed by atoms with Gasteiger partial charge in [0.15, 0.2) is 0 Å². The molecule has 1 atom stereocenters. The van der Waals surface area contributed by atoms with Crippen LogP contribution >= 0.6 is 15.9 Å². The van der Waals surface area contributed by atoms with Crippen LogP contribution in [0.15, 0.2) is 65.7 Å². The summed E-state index contributed by atoms with van der Waals surface area (Å²) in [5, 5.41) is 3.45. The maximum absolute atomic E-state index is 12.7. The fraction of sp³-hybridized carbons (Fsp3) is 0.118. The molecular formula is C17H15BrN2O. The highest BCUT2D eigenvalue weighted by Gasteiger charge is 2.32. The molecule has 1 amide bonds. The second-order valence-corrected chi connectivity index (χ2v) is 5.71. The maximum atomic E-state index is 12.7. The number of benzene rings is 2. The van der Waals surface area contributed by atoms with E-state index in [1.54, 1.807) is 11.0 Å². The first kappa shape index (κ1) is 13.9. The van der Waals surface area contributed by atoms with Gasteiger partial charge in [0, 0.05) is 22.3 Å². The molecule has 106 valence electrons. The standard InChI is InChI=1S/C17H15BrN2O/c1-2-11-20-16(12-7-3-5-9-14(12)18)19-15-10-6-4-8-13(15)17(20)21/h2-10,16,19H,1,11H2/t16-/m1/s1. The molecule has 4 heteroatoms. The number of fused-ring (bicyclic) bond motifs is 1. The molecule has 1 aliphatic rings. The van der Waals surface area contributed by atoms with Gasteiger partial charge in [-0.2, -0.15) is 0 Å². The van der Waals surface area contributed by atoms with Gasteiger partial charge in [0.2, 0.25) is 0 Å². The van der Waals surface area contributed by atoms with E-state index in [1.807, 2.05) is 48.5 Å². The van der Waals surface area contributed by atoms with Crippen LogP contribution in [0.25, 0.3) is 0 Å². The summed E-state index contributed by atoms with van der Waals surface area (Å²) in [5.41, 5.74) is 2.59. The molecule has 0 unspecified atom stereocenters. The first-order valence-electron chi connectivity index (χ1n) is 6.74. The fourth-order valence-electron chi connectivity index (χ4n) is 2.56. The molecular weight excluding hydrogens is 328 g/mol. The van der Waals surface area contributed by atoms with Crippen LogP contribution < -0.4 is 5.32 Å². The second kappa shape index (κ2) is 5.74. The van der Waals surface area contributed by atoms with Crippen LogP contribution in [0.2, 0.25) is 0 Å². The van der Waals surface area contributed by atoms with Crippen LogP contribution in [-0.2, 0) is 0 Å². The molecule has 0 fully saturated rings. The van der Waals surface area contributed by atoms with E-state index in [9.17, 15) is 4.79 Å². The van der Waals surface area contributed by atoms with Crippen LogP contribution in [0.4, 0.5) is 5.69 Å². The third kappa shape index (κ3) is 2.47. The first-order valence-corrected chi connectivity index (χ1v) is 7.53. The topological polar surface area (TPSA) is 32.3 Å². The average Bonchev–Trinajstić information content (AvgIpc) is 2.51. The van der Waals surface area contributed by atoms with E-state index in [0.717, 1.165) is 15.7 Å². The lowest BCUT2D eigenvalue weighted by Crippen LogP contribution is -2.43. The van der Waals surface area contributed by atoms with Gasteiger partial charge >= 0.3 is 0 Å². The lowest BCUT2D eigenvalue weighted by atomic mass is 10.0. The Morgan fingerprint density at radius 1 is 1.19 bits per heavy atom. The zero-order valence-electron chi connectivity index (χ0n) is 11.4. The summed E-state index contributed by atoms with van der Waals surface area (Å²) >= 11 is 3.57. The molecule has 21 heavy (non-hydrogen) atoms. The van der Waals surface area contributed by atoms with Gasteiger partial charge in [-0.15, -0.1) is 6.58 Å². The van der Waals surface area contributed by atoms with Crippen molar-refractivity contribution < 1.29 is 4.79 Å². The van der Waals surface area contributed by atoms with Crippen molar-refractivity contribution in [2.24, 2.45) is 0 Å². The minimum atomic E-state index is -0.207. The van der Waals surface area contributed by atoms with Gasteiger partial charge in [-0.3, -0.25) is 4.79 Å². The summed E-state index contributed by atoms with van der Waals surface area (Å²) in [6, 6.07) is 15.5. The zero-order valence-corrected chi connectivity index (χ0v) is 13.0. The number of anilines is 1. The Hall–Kier alpha value is -2.07. The Balaban J connectivity index is 2.09. The molecule has 3 nitrogen and oxygen atoms in total. The number of nitrogens with zero attached hydrogens (tertiary/aromatic N) is 1. The molecule has 0 saturated carbocycles. The molecule has 0 bridgehead atoms. The van der Waals surface area contributed by atoms with Gasteiger partial charge in [-0.05, 0) is 18.2 Å². The van der Waals surface area contributed by atoms with Crippen molar-refractivity contribution in [3.63, 3.8) is 0 Å². The molecule has 1 heterocycles. The monoisotopic (exact) mass is 342 g/mol. The molecule has 3 rings (SSSR count). The van der Waals surface area contributed by atoms with E-state index < -0.39 is 0 Å². The summed E-state index contributed by atoms with van der Waals surface area (Å²) in [6.07, 6.45) is 1.54. The molecule has 1 N–H and O–H groups in total. The molecule has 0 spiro atoms. The first-order chi connectivity index (χ1) is 10.2. The van der Waals surface area contributed by atoms with Gasteiger partial charge in [0.05, 0.1) is 5.56 Å². The number of amides is 1. The predicted molar refractivity (Wildman–Crippen MR) is 88.2 cm³/mol. The van der Waals surface area contributed by atoms with E-state index in [-0.39, 0.29) is 12.1 Å². The molecule has 0 aromatic heterocycles. The van der Waals surface area contributed by atoms with Crippen molar-refractivity contribution in [1.29, 1.82) is 0 Å². The third-order valence-corrected chi connectivity index (χ3v) is 4.27.